The van der Waals surface area contributed by atoms with Gasteiger partial charge in [0.05, 0.1) is 22.6 Å². The summed E-state index contributed by atoms with van der Waals surface area (Å²) in [6.07, 6.45) is 0. The number of likely N-dealkylation sites (N-methyl/N-ethyl adjacent to an activating group) is 1. The van der Waals surface area contributed by atoms with Gasteiger partial charge in [0.2, 0.25) is 5.91 Å². The first-order valence-corrected chi connectivity index (χ1v) is 8.39. The largest absolute Gasteiger partial charge is 0.355 e. The van der Waals surface area contributed by atoms with Gasteiger partial charge >= 0.3 is 0 Å². The third-order valence-electron chi connectivity index (χ3n) is 3.81. The molecule has 1 atom stereocenters. The Morgan fingerprint density at radius 3 is 2.48 bits per heavy atom. The van der Waals surface area contributed by atoms with Crippen molar-refractivity contribution in [3.63, 3.8) is 0 Å². The molecule has 6 heteroatoms. The minimum absolute atomic E-state index is 0.0887. The van der Waals surface area contributed by atoms with Gasteiger partial charge in [0.25, 0.3) is 0 Å². The van der Waals surface area contributed by atoms with Crippen molar-refractivity contribution in [2.75, 3.05) is 26.2 Å². The predicted octanol–water partition coefficient (Wildman–Crippen LogP) is 2.36. The molecule has 1 aromatic heterocycles. The number of hydrogen-bond donors (Lipinski definition) is 1. The Morgan fingerprint density at radius 1 is 1.38 bits per heavy atom. The normalized spacial score (nSPS) is 12.7. The van der Waals surface area contributed by atoms with E-state index in [0.717, 1.165) is 35.5 Å². The van der Waals surface area contributed by atoms with Crippen molar-refractivity contribution in [3.05, 3.63) is 15.9 Å². The number of carbonyl (C=O) groups excluding carboxylic acids is 1. The van der Waals surface area contributed by atoms with Crippen LogP contribution in [0.3, 0.4) is 0 Å². The fourth-order valence-corrected chi connectivity index (χ4v) is 2.53. The highest BCUT2D eigenvalue weighted by Crippen LogP contribution is 2.20. The second-order valence-corrected chi connectivity index (χ2v) is 6.18. The third kappa shape index (κ3) is 5.11. The maximum atomic E-state index is 12.1. The molecule has 0 aliphatic heterocycles. The summed E-state index contributed by atoms with van der Waals surface area (Å²) in [6.45, 7) is 14.4. The summed E-state index contributed by atoms with van der Waals surface area (Å²) in [5, 5.41) is 7.46. The van der Waals surface area contributed by atoms with Gasteiger partial charge in [-0.3, -0.25) is 9.48 Å². The van der Waals surface area contributed by atoms with E-state index in [2.05, 4.69) is 45.1 Å². The maximum absolute atomic E-state index is 12.1. The predicted molar refractivity (Wildman–Crippen MR) is 89.4 cm³/mol. The van der Waals surface area contributed by atoms with Gasteiger partial charge < -0.3 is 10.2 Å². The first-order chi connectivity index (χ1) is 9.90. The molecule has 120 valence electrons. The monoisotopic (exact) mass is 358 g/mol. The SMILES string of the molecule is CCN(CC)CCNC(=O)C(C)Cn1nc(C)c(Br)c1C. The van der Waals surface area contributed by atoms with E-state index in [1.165, 1.54) is 0 Å². The molecule has 5 nitrogen and oxygen atoms in total. The molecule has 0 radical (unpaired) electrons. The highest BCUT2D eigenvalue weighted by atomic mass is 79.9. The molecule has 21 heavy (non-hydrogen) atoms. The minimum Gasteiger partial charge on any atom is -0.355 e. The van der Waals surface area contributed by atoms with Crippen LogP contribution in [0, 0.1) is 19.8 Å². The van der Waals surface area contributed by atoms with Crippen LogP contribution in [0.2, 0.25) is 0 Å². The van der Waals surface area contributed by atoms with Gasteiger partial charge in [-0.2, -0.15) is 5.10 Å². The second-order valence-electron chi connectivity index (χ2n) is 5.39. The Labute approximate surface area is 136 Å². The van der Waals surface area contributed by atoms with Gasteiger partial charge in [0.15, 0.2) is 0 Å². The first kappa shape index (κ1) is 18.2. The number of nitrogens with zero attached hydrogens (tertiary/aromatic N) is 3. The van der Waals surface area contributed by atoms with Crippen molar-refractivity contribution < 1.29 is 4.79 Å². The molecular weight excluding hydrogens is 332 g/mol. The number of amides is 1. The van der Waals surface area contributed by atoms with Crippen LogP contribution in [-0.4, -0.2) is 46.8 Å². The van der Waals surface area contributed by atoms with E-state index < -0.39 is 0 Å². The van der Waals surface area contributed by atoms with Crippen LogP contribution in [0.4, 0.5) is 0 Å². The Bertz CT molecular complexity index is 468. The molecule has 0 aliphatic rings. The highest BCUT2D eigenvalue weighted by Gasteiger charge is 2.17. The molecule has 0 bridgehead atoms. The number of aryl methyl sites for hydroxylation is 1. The van der Waals surface area contributed by atoms with Gasteiger partial charge in [0, 0.05) is 18.8 Å². The lowest BCUT2D eigenvalue weighted by molar-refractivity contribution is -0.125. The molecule has 1 N–H and O–H groups in total. The van der Waals surface area contributed by atoms with Crippen LogP contribution in [0.5, 0.6) is 0 Å². The molecule has 0 fully saturated rings. The van der Waals surface area contributed by atoms with Crippen molar-refractivity contribution in [1.82, 2.24) is 20.0 Å². The van der Waals surface area contributed by atoms with E-state index in [1.807, 2.05) is 25.5 Å². The molecule has 0 aromatic carbocycles. The molecule has 1 rings (SSSR count). The van der Waals surface area contributed by atoms with Gasteiger partial charge in [-0.05, 0) is 42.9 Å². The summed E-state index contributed by atoms with van der Waals surface area (Å²) in [6, 6.07) is 0. The average molecular weight is 359 g/mol. The molecule has 1 amide bonds. The first-order valence-electron chi connectivity index (χ1n) is 7.60. The lowest BCUT2D eigenvalue weighted by Crippen LogP contribution is -2.38. The highest BCUT2D eigenvalue weighted by molar-refractivity contribution is 9.10. The molecule has 1 unspecified atom stereocenters. The number of carbonyl (C=O) groups is 1. The summed E-state index contributed by atoms with van der Waals surface area (Å²) < 4.78 is 2.92. The van der Waals surface area contributed by atoms with E-state index >= 15 is 0 Å². The van der Waals surface area contributed by atoms with E-state index in [9.17, 15) is 4.79 Å². The van der Waals surface area contributed by atoms with Gasteiger partial charge in [-0.25, -0.2) is 0 Å². The number of rotatable bonds is 8. The van der Waals surface area contributed by atoms with E-state index in [4.69, 9.17) is 0 Å². The fourth-order valence-electron chi connectivity index (χ4n) is 2.25. The van der Waals surface area contributed by atoms with Gasteiger partial charge in [-0.1, -0.05) is 20.8 Å². The average Bonchev–Trinajstić information content (AvgIpc) is 2.70. The minimum atomic E-state index is -0.0911. The quantitative estimate of drug-likeness (QED) is 0.775. The zero-order valence-electron chi connectivity index (χ0n) is 13.7. The van der Waals surface area contributed by atoms with Crippen molar-refractivity contribution in [1.29, 1.82) is 0 Å². The Balaban J connectivity index is 2.46. The van der Waals surface area contributed by atoms with Crippen molar-refractivity contribution in [2.24, 2.45) is 5.92 Å². The van der Waals surface area contributed by atoms with E-state index in [0.29, 0.717) is 13.1 Å². The second kappa shape index (κ2) is 8.54. The van der Waals surface area contributed by atoms with Crippen molar-refractivity contribution in [2.45, 2.75) is 41.2 Å². The summed E-state index contributed by atoms with van der Waals surface area (Å²) in [7, 11) is 0. The van der Waals surface area contributed by atoms with E-state index in [1.54, 1.807) is 0 Å². The lowest BCUT2D eigenvalue weighted by atomic mass is 10.1. The summed E-state index contributed by atoms with van der Waals surface area (Å²) in [4.78, 5) is 14.4. The topological polar surface area (TPSA) is 50.2 Å². The third-order valence-corrected chi connectivity index (χ3v) is 4.96. The van der Waals surface area contributed by atoms with Crippen molar-refractivity contribution >= 4 is 21.8 Å². The number of aromatic nitrogens is 2. The zero-order chi connectivity index (χ0) is 16.0. The van der Waals surface area contributed by atoms with Gasteiger partial charge in [-0.15, -0.1) is 0 Å². The number of nitrogens with one attached hydrogen (secondary N) is 1. The lowest BCUT2D eigenvalue weighted by Gasteiger charge is -2.19. The molecule has 0 spiro atoms. The molecular formula is C15H27BrN4O. The fraction of sp³-hybridized carbons (Fsp3) is 0.733. The van der Waals surface area contributed by atoms with Crippen LogP contribution < -0.4 is 5.32 Å². The molecule has 1 heterocycles. The summed E-state index contributed by atoms with van der Waals surface area (Å²) in [5.41, 5.74) is 2.02. The van der Waals surface area contributed by atoms with Gasteiger partial charge in [0.1, 0.15) is 0 Å². The smallest absolute Gasteiger partial charge is 0.224 e. The zero-order valence-corrected chi connectivity index (χ0v) is 15.3. The maximum Gasteiger partial charge on any atom is 0.224 e. The van der Waals surface area contributed by atoms with Crippen LogP contribution >= 0.6 is 15.9 Å². The number of halogens is 1. The van der Waals surface area contributed by atoms with Crippen LogP contribution in [-0.2, 0) is 11.3 Å². The van der Waals surface area contributed by atoms with E-state index in [-0.39, 0.29) is 11.8 Å². The summed E-state index contributed by atoms with van der Waals surface area (Å²) >= 11 is 3.51. The van der Waals surface area contributed by atoms with Crippen molar-refractivity contribution in [3.8, 4) is 0 Å². The molecule has 1 aromatic rings. The molecule has 0 aliphatic carbocycles. The van der Waals surface area contributed by atoms with Crippen LogP contribution in [0.15, 0.2) is 4.47 Å². The Morgan fingerprint density at radius 2 is 2.00 bits per heavy atom. The number of hydrogen-bond acceptors (Lipinski definition) is 3. The van der Waals surface area contributed by atoms with Crippen LogP contribution in [0.25, 0.3) is 0 Å². The molecule has 0 saturated carbocycles. The Hall–Kier alpha value is -0.880. The summed E-state index contributed by atoms with van der Waals surface area (Å²) in [5.74, 6) is -0.00238. The standard InChI is InChI=1S/C15H27BrN4O/c1-6-19(7-2)9-8-17-15(21)11(3)10-20-13(5)14(16)12(4)18-20/h11H,6-10H2,1-5H3,(H,17,21). The molecule has 0 saturated heterocycles. The van der Waals surface area contributed by atoms with Crippen LogP contribution in [0.1, 0.15) is 32.2 Å². The Kier molecular flexibility index (Phi) is 7.39.